The molecule has 1 aliphatic heterocycles. The molecule has 0 amide bonds. The number of fused-ring (bicyclic) bond motifs is 1. The van der Waals surface area contributed by atoms with E-state index in [-0.39, 0.29) is 5.56 Å². The highest BCUT2D eigenvalue weighted by atomic mass is 32.1. The molecule has 32 heavy (non-hydrogen) atoms. The molecule has 8 heteroatoms. The van der Waals surface area contributed by atoms with E-state index in [0.29, 0.717) is 26.5 Å². The van der Waals surface area contributed by atoms with Crippen molar-refractivity contribution >= 4 is 23.4 Å². The first-order chi connectivity index (χ1) is 15.2. The van der Waals surface area contributed by atoms with Gasteiger partial charge in [0.15, 0.2) is 4.80 Å². The molecule has 0 fully saturated rings. The smallest absolute Gasteiger partial charge is 0.338 e. The summed E-state index contributed by atoms with van der Waals surface area (Å²) in [4.78, 5) is 31.4. The molecule has 0 aliphatic carbocycles. The maximum absolute atomic E-state index is 13.5. The summed E-state index contributed by atoms with van der Waals surface area (Å²) < 4.78 is 8.92. The average Bonchev–Trinajstić information content (AvgIpc) is 3.25. The third-order valence-corrected chi connectivity index (χ3v) is 6.88. The molecule has 4 rings (SSSR count). The summed E-state index contributed by atoms with van der Waals surface area (Å²) in [6.07, 6.45) is 3.57. The minimum Gasteiger partial charge on any atom is -0.466 e. The molecule has 2 aromatic heterocycles. The van der Waals surface area contributed by atoms with E-state index >= 15 is 0 Å². The molecule has 1 aliphatic rings. The van der Waals surface area contributed by atoms with Crippen LogP contribution in [-0.2, 0) is 16.6 Å². The van der Waals surface area contributed by atoms with Gasteiger partial charge in [0.2, 0.25) is 0 Å². The number of carbonyl (C=O) groups is 1. The minimum atomic E-state index is -0.641. The SMILES string of the molecule is COC(=O)C1=C(C)N=c2s/c(=C/c3ccc(C(C)C)cc3)c(=O)n2[C@@H]1c1cnn(C)c1C. The molecule has 1 aromatic carbocycles. The summed E-state index contributed by atoms with van der Waals surface area (Å²) in [5, 5.41) is 4.33. The van der Waals surface area contributed by atoms with Crippen LogP contribution in [0, 0.1) is 6.92 Å². The lowest BCUT2D eigenvalue weighted by Gasteiger charge is -2.23. The van der Waals surface area contributed by atoms with Crippen molar-refractivity contribution in [1.29, 1.82) is 0 Å². The van der Waals surface area contributed by atoms with E-state index in [1.807, 2.05) is 32.2 Å². The number of carbonyl (C=O) groups excluding carboxylic acids is 1. The van der Waals surface area contributed by atoms with E-state index in [2.05, 4.69) is 36.1 Å². The molecular formula is C24H26N4O3S. The molecule has 1 atom stereocenters. The van der Waals surface area contributed by atoms with E-state index < -0.39 is 12.0 Å². The van der Waals surface area contributed by atoms with Gasteiger partial charge in [0.25, 0.3) is 5.56 Å². The van der Waals surface area contributed by atoms with E-state index in [4.69, 9.17) is 4.74 Å². The maximum atomic E-state index is 13.5. The third-order valence-electron chi connectivity index (χ3n) is 5.90. The lowest BCUT2D eigenvalue weighted by atomic mass is 9.96. The van der Waals surface area contributed by atoms with Crippen LogP contribution in [0.5, 0.6) is 0 Å². The molecule has 0 saturated carbocycles. The molecule has 0 saturated heterocycles. The molecule has 0 spiro atoms. The largest absolute Gasteiger partial charge is 0.466 e. The fourth-order valence-electron chi connectivity index (χ4n) is 3.90. The third kappa shape index (κ3) is 3.64. The Morgan fingerprint density at radius 1 is 1.22 bits per heavy atom. The number of rotatable bonds is 4. The first-order valence-electron chi connectivity index (χ1n) is 10.4. The Labute approximate surface area is 190 Å². The van der Waals surface area contributed by atoms with Gasteiger partial charge in [-0.1, -0.05) is 49.4 Å². The standard InChI is InChI=1S/C24H26N4O3S/c1-13(2)17-9-7-16(8-10-17)11-19-22(29)28-21(18-12-25-27(5)15(18)4)20(23(30)31-6)14(3)26-24(28)32-19/h7-13,21H,1-6H3/b19-11+/t21-/m1/s1. The zero-order chi connectivity index (χ0) is 23.2. The Kier molecular flexibility index (Phi) is 5.73. The Hall–Kier alpha value is -3.26. The molecular weight excluding hydrogens is 424 g/mol. The molecule has 7 nitrogen and oxygen atoms in total. The van der Waals surface area contributed by atoms with Gasteiger partial charge in [-0.2, -0.15) is 5.10 Å². The average molecular weight is 451 g/mol. The van der Waals surface area contributed by atoms with Crippen LogP contribution in [0.15, 0.2) is 51.5 Å². The monoisotopic (exact) mass is 450 g/mol. The van der Waals surface area contributed by atoms with E-state index in [0.717, 1.165) is 16.8 Å². The van der Waals surface area contributed by atoms with Gasteiger partial charge in [-0.3, -0.25) is 14.0 Å². The van der Waals surface area contributed by atoms with Gasteiger partial charge in [-0.25, -0.2) is 9.79 Å². The number of nitrogens with zero attached hydrogens (tertiary/aromatic N) is 4. The summed E-state index contributed by atoms with van der Waals surface area (Å²) in [7, 11) is 3.17. The van der Waals surface area contributed by atoms with Gasteiger partial charge < -0.3 is 4.74 Å². The second-order valence-electron chi connectivity index (χ2n) is 8.20. The summed E-state index contributed by atoms with van der Waals surface area (Å²) in [6, 6.07) is 7.55. The van der Waals surface area contributed by atoms with Crippen molar-refractivity contribution in [2.75, 3.05) is 7.11 Å². The Morgan fingerprint density at radius 3 is 2.47 bits per heavy atom. The van der Waals surface area contributed by atoms with Crippen LogP contribution < -0.4 is 14.9 Å². The molecule has 166 valence electrons. The molecule has 0 N–H and O–H groups in total. The minimum absolute atomic E-state index is 0.191. The number of esters is 1. The van der Waals surface area contributed by atoms with Crippen molar-refractivity contribution < 1.29 is 9.53 Å². The second kappa shape index (κ2) is 8.35. The fraction of sp³-hybridized carbons (Fsp3) is 0.333. The summed E-state index contributed by atoms with van der Waals surface area (Å²) in [5.74, 6) is -0.0603. The highest BCUT2D eigenvalue weighted by molar-refractivity contribution is 7.07. The maximum Gasteiger partial charge on any atom is 0.338 e. The number of hydrogen-bond donors (Lipinski definition) is 0. The van der Waals surface area contributed by atoms with Crippen molar-refractivity contribution in [1.82, 2.24) is 14.3 Å². The summed E-state index contributed by atoms with van der Waals surface area (Å²) >= 11 is 1.32. The van der Waals surface area contributed by atoms with E-state index in [1.54, 1.807) is 22.4 Å². The number of methoxy groups -OCH3 is 1. The van der Waals surface area contributed by atoms with Crippen LogP contribution in [-0.4, -0.2) is 27.4 Å². The summed E-state index contributed by atoms with van der Waals surface area (Å²) in [6.45, 7) is 7.98. The van der Waals surface area contributed by atoms with Gasteiger partial charge in [-0.05, 0) is 37.0 Å². The normalized spacial score (nSPS) is 16.3. The van der Waals surface area contributed by atoms with Crippen molar-refractivity contribution in [3.63, 3.8) is 0 Å². The number of aryl methyl sites for hydroxylation is 1. The first kappa shape index (κ1) is 22.0. The molecule has 3 aromatic rings. The molecule has 0 bridgehead atoms. The molecule has 0 radical (unpaired) electrons. The van der Waals surface area contributed by atoms with Crippen LogP contribution in [0.2, 0.25) is 0 Å². The zero-order valence-electron chi connectivity index (χ0n) is 19.0. The van der Waals surface area contributed by atoms with Crippen molar-refractivity contribution in [2.24, 2.45) is 12.0 Å². The second-order valence-corrected chi connectivity index (χ2v) is 9.21. The van der Waals surface area contributed by atoms with Crippen LogP contribution in [0.4, 0.5) is 0 Å². The van der Waals surface area contributed by atoms with Crippen molar-refractivity contribution in [3.05, 3.63) is 83.8 Å². The van der Waals surface area contributed by atoms with Gasteiger partial charge >= 0.3 is 5.97 Å². The fourth-order valence-corrected chi connectivity index (χ4v) is 4.95. The molecule has 0 unspecified atom stereocenters. The van der Waals surface area contributed by atoms with Gasteiger partial charge in [0.1, 0.15) is 6.04 Å². The number of allylic oxidation sites excluding steroid dienone is 1. The lowest BCUT2D eigenvalue weighted by Crippen LogP contribution is -2.40. The number of aromatic nitrogens is 3. The van der Waals surface area contributed by atoms with Gasteiger partial charge in [-0.15, -0.1) is 0 Å². The van der Waals surface area contributed by atoms with Crippen LogP contribution in [0.1, 0.15) is 55.1 Å². The van der Waals surface area contributed by atoms with E-state index in [1.165, 1.54) is 24.0 Å². The van der Waals surface area contributed by atoms with Crippen molar-refractivity contribution in [2.45, 2.75) is 39.7 Å². The summed E-state index contributed by atoms with van der Waals surface area (Å²) in [5.41, 5.74) is 4.53. The quantitative estimate of drug-likeness (QED) is 0.573. The van der Waals surface area contributed by atoms with E-state index in [9.17, 15) is 9.59 Å². The predicted molar refractivity (Wildman–Crippen MR) is 124 cm³/mol. The highest BCUT2D eigenvalue weighted by Crippen LogP contribution is 2.32. The number of benzene rings is 1. The number of hydrogen-bond acceptors (Lipinski definition) is 6. The van der Waals surface area contributed by atoms with Crippen LogP contribution in [0.3, 0.4) is 0 Å². The first-order valence-corrected chi connectivity index (χ1v) is 11.2. The Bertz CT molecular complexity index is 1400. The highest BCUT2D eigenvalue weighted by Gasteiger charge is 2.34. The van der Waals surface area contributed by atoms with Gasteiger partial charge in [0.05, 0.1) is 29.1 Å². The number of thiazole rings is 1. The molecule has 3 heterocycles. The van der Waals surface area contributed by atoms with Crippen LogP contribution >= 0.6 is 11.3 Å². The Balaban J connectivity index is 1.93. The van der Waals surface area contributed by atoms with Crippen molar-refractivity contribution in [3.8, 4) is 0 Å². The topological polar surface area (TPSA) is 78.5 Å². The Morgan fingerprint density at radius 2 is 1.91 bits per heavy atom. The van der Waals surface area contributed by atoms with Crippen LogP contribution in [0.25, 0.3) is 6.08 Å². The lowest BCUT2D eigenvalue weighted by molar-refractivity contribution is -0.136. The zero-order valence-corrected chi connectivity index (χ0v) is 19.9. The number of ether oxygens (including phenoxy) is 1. The van der Waals surface area contributed by atoms with Gasteiger partial charge in [0, 0.05) is 18.3 Å². The predicted octanol–water partition coefficient (Wildman–Crippen LogP) is 2.57.